The molecule has 1 aromatic carbocycles. The van der Waals surface area contributed by atoms with Crippen LogP contribution in [0.3, 0.4) is 0 Å². The van der Waals surface area contributed by atoms with Crippen molar-refractivity contribution < 1.29 is 27.8 Å². The van der Waals surface area contributed by atoms with E-state index in [4.69, 9.17) is 0 Å². The number of carbonyl (C=O) groups is 1. The third kappa shape index (κ3) is 5.30. The molecule has 1 aromatic rings. The average molecular weight is 276 g/mol. The van der Waals surface area contributed by atoms with Gasteiger partial charge >= 0.3 is 12.1 Å². The van der Waals surface area contributed by atoms with E-state index in [1.54, 1.807) is 6.92 Å². The van der Waals surface area contributed by atoms with Crippen molar-refractivity contribution in [2.75, 3.05) is 6.61 Å². The van der Waals surface area contributed by atoms with Crippen LogP contribution in [0.25, 0.3) is 0 Å². The van der Waals surface area contributed by atoms with E-state index in [1.807, 2.05) is 0 Å². The van der Waals surface area contributed by atoms with E-state index in [0.29, 0.717) is 5.56 Å². The van der Waals surface area contributed by atoms with Crippen molar-refractivity contribution in [2.45, 2.75) is 32.0 Å². The van der Waals surface area contributed by atoms with E-state index in [9.17, 15) is 23.1 Å². The van der Waals surface area contributed by atoms with Gasteiger partial charge in [-0.25, -0.2) is 0 Å². The van der Waals surface area contributed by atoms with Crippen molar-refractivity contribution in [3.8, 4) is 0 Å². The first-order valence-corrected chi connectivity index (χ1v) is 5.82. The van der Waals surface area contributed by atoms with Gasteiger partial charge in [0.15, 0.2) is 0 Å². The Morgan fingerprint density at radius 3 is 2.68 bits per heavy atom. The van der Waals surface area contributed by atoms with Crippen LogP contribution < -0.4 is 0 Å². The second-order valence-electron chi connectivity index (χ2n) is 4.07. The molecular weight excluding hydrogens is 261 g/mol. The summed E-state index contributed by atoms with van der Waals surface area (Å²) in [7, 11) is 0. The summed E-state index contributed by atoms with van der Waals surface area (Å²) in [6.45, 7) is 1.84. The van der Waals surface area contributed by atoms with Gasteiger partial charge in [0.1, 0.15) is 0 Å². The number of benzene rings is 1. The minimum Gasteiger partial charge on any atom is -0.466 e. The SMILES string of the molecule is CCOC(=O)C[C@H](O)Cc1cccc(C(F)(F)F)c1. The summed E-state index contributed by atoms with van der Waals surface area (Å²) in [6.07, 6.45) is -5.72. The Bertz CT molecular complexity index is 429. The van der Waals surface area contributed by atoms with Gasteiger partial charge in [-0.3, -0.25) is 4.79 Å². The average Bonchev–Trinajstić information content (AvgIpc) is 2.28. The van der Waals surface area contributed by atoms with Gasteiger partial charge in [0.05, 0.1) is 24.7 Å². The van der Waals surface area contributed by atoms with Gasteiger partial charge in [-0.1, -0.05) is 18.2 Å². The molecule has 0 aromatic heterocycles. The number of ether oxygens (including phenoxy) is 1. The normalized spacial score (nSPS) is 13.1. The molecule has 0 unspecified atom stereocenters. The third-order valence-electron chi connectivity index (χ3n) is 2.43. The Balaban J connectivity index is 2.64. The van der Waals surface area contributed by atoms with Gasteiger partial charge in [0.25, 0.3) is 0 Å². The number of hydrogen-bond acceptors (Lipinski definition) is 3. The number of esters is 1. The van der Waals surface area contributed by atoms with E-state index >= 15 is 0 Å². The summed E-state index contributed by atoms with van der Waals surface area (Å²) in [5, 5.41) is 9.61. The van der Waals surface area contributed by atoms with Crippen LogP contribution in [0.2, 0.25) is 0 Å². The molecular formula is C13H15F3O3. The van der Waals surface area contributed by atoms with Crippen LogP contribution in [0.5, 0.6) is 0 Å². The van der Waals surface area contributed by atoms with Crippen LogP contribution in [0.15, 0.2) is 24.3 Å². The Morgan fingerprint density at radius 2 is 2.11 bits per heavy atom. The molecule has 19 heavy (non-hydrogen) atoms. The van der Waals surface area contributed by atoms with Crippen molar-refractivity contribution in [3.63, 3.8) is 0 Å². The van der Waals surface area contributed by atoms with Crippen molar-refractivity contribution in [1.82, 2.24) is 0 Å². The number of hydrogen-bond donors (Lipinski definition) is 1. The smallest absolute Gasteiger partial charge is 0.416 e. The van der Waals surface area contributed by atoms with Crippen LogP contribution in [0.1, 0.15) is 24.5 Å². The van der Waals surface area contributed by atoms with Crippen LogP contribution >= 0.6 is 0 Å². The maximum absolute atomic E-state index is 12.5. The number of aliphatic hydroxyl groups is 1. The third-order valence-corrected chi connectivity index (χ3v) is 2.43. The zero-order valence-electron chi connectivity index (χ0n) is 10.4. The molecule has 0 aliphatic heterocycles. The second-order valence-corrected chi connectivity index (χ2v) is 4.07. The molecule has 0 aliphatic rings. The zero-order valence-corrected chi connectivity index (χ0v) is 10.4. The first-order chi connectivity index (χ1) is 8.82. The van der Waals surface area contributed by atoms with E-state index in [0.717, 1.165) is 12.1 Å². The Morgan fingerprint density at radius 1 is 1.42 bits per heavy atom. The van der Waals surface area contributed by atoms with Crippen LogP contribution in [-0.4, -0.2) is 23.8 Å². The molecule has 1 N–H and O–H groups in total. The summed E-state index contributed by atoms with van der Waals surface area (Å²) >= 11 is 0. The lowest BCUT2D eigenvalue weighted by Gasteiger charge is -2.12. The largest absolute Gasteiger partial charge is 0.466 e. The van der Waals surface area contributed by atoms with Crippen molar-refractivity contribution in [2.24, 2.45) is 0 Å². The quantitative estimate of drug-likeness (QED) is 0.841. The number of alkyl halides is 3. The van der Waals surface area contributed by atoms with Crippen LogP contribution in [0.4, 0.5) is 13.2 Å². The fourth-order valence-corrected chi connectivity index (χ4v) is 1.63. The van der Waals surface area contributed by atoms with Gasteiger partial charge in [0.2, 0.25) is 0 Å². The fourth-order valence-electron chi connectivity index (χ4n) is 1.63. The van der Waals surface area contributed by atoms with Crippen LogP contribution in [-0.2, 0) is 22.1 Å². The highest BCUT2D eigenvalue weighted by Crippen LogP contribution is 2.29. The van der Waals surface area contributed by atoms with Gasteiger partial charge < -0.3 is 9.84 Å². The predicted molar refractivity (Wildman–Crippen MR) is 62.4 cm³/mol. The lowest BCUT2D eigenvalue weighted by Crippen LogP contribution is -2.18. The number of carbonyl (C=O) groups excluding carboxylic acids is 1. The minimum atomic E-state index is -4.41. The Kier molecular flexibility index (Phi) is 5.35. The Labute approximate surface area is 109 Å². The molecule has 6 heteroatoms. The maximum atomic E-state index is 12.5. The number of rotatable bonds is 5. The summed E-state index contributed by atoms with van der Waals surface area (Å²) in [6, 6.07) is 4.68. The van der Waals surface area contributed by atoms with Crippen molar-refractivity contribution >= 4 is 5.97 Å². The second kappa shape index (κ2) is 6.56. The monoisotopic (exact) mass is 276 g/mol. The van der Waals surface area contributed by atoms with Gasteiger partial charge in [-0.2, -0.15) is 13.2 Å². The molecule has 0 fully saturated rings. The van der Waals surface area contributed by atoms with E-state index in [1.165, 1.54) is 12.1 Å². The first-order valence-electron chi connectivity index (χ1n) is 5.82. The molecule has 3 nitrogen and oxygen atoms in total. The molecule has 0 radical (unpaired) electrons. The molecule has 0 spiro atoms. The number of aliphatic hydroxyl groups excluding tert-OH is 1. The highest BCUT2D eigenvalue weighted by atomic mass is 19.4. The minimum absolute atomic E-state index is 0.0251. The topological polar surface area (TPSA) is 46.5 Å². The van der Waals surface area contributed by atoms with Crippen LogP contribution in [0, 0.1) is 0 Å². The van der Waals surface area contributed by atoms with E-state index < -0.39 is 23.8 Å². The van der Waals surface area contributed by atoms with Crippen molar-refractivity contribution in [1.29, 1.82) is 0 Å². The zero-order chi connectivity index (χ0) is 14.5. The lowest BCUT2D eigenvalue weighted by molar-refractivity contribution is -0.145. The molecule has 0 saturated heterocycles. The van der Waals surface area contributed by atoms with Gasteiger partial charge in [-0.15, -0.1) is 0 Å². The molecule has 0 amide bonds. The lowest BCUT2D eigenvalue weighted by atomic mass is 10.0. The van der Waals surface area contributed by atoms with E-state index in [2.05, 4.69) is 4.74 Å². The summed E-state index contributed by atoms with van der Waals surface area (Å²) < 4.78 is 42.1. The van der Waals surface area contributed by atoms with E-state index in [-0.39, 0.29) is 19.4 Å². The molecule has 1 atom stereocenters. The van der Waals surface area contributed by atoms with Gasteiger partial charge in [-0.05, 0) is 25.0 Å². The molecule has 0 aliphatic carbocycles. The highest BCUT2D eigenvalue weighted by Gasteiger charge is 2.30. The summed E-state index contributed by atoms with van der Waals surface area (Å²) in [4.78, 5) is 11.1. The standard InChI is InChI=1S/C13H15F3O3/c1-2-19-12(18)8-11(17)7-9-4-3-5-10(6-9)13(14,15)16/h3-6,11,17H,2,7-8H2,1H3/t11-/m1/s1. The molecule has 106 valence electrons. The fraction of sp³-hybridized carbons (Fsp3) is 0.462. The maximum Gasteiger partial charge on any atom is 0.416 e. The molecule has 1 rings (SSSR count). The first kappa shape index (κ1) is 15.5. The molecule has 0 heterocycles. The van der Waals surface area contributed by atoms with Crippen molar-refractivity contribution in [3.05, 3.63) is 35.4 Å². The Hall–Kier alpha value is -1.56. The molecule has 0 saturated carbocycles. The predicted octanol–water partition coefficient (Wildman–Crippen LogP) is 2.56. The molecule has 0 bridgehead atoms. The summed E-state index contributed by atoms with van der Waals surface area (Å²) in [5.41, 5.74) is -0.444. The summed E-state index contributed by atoms with van der Waals surface area (Å²) in [5.74, 6) is -0.568. The number of halogens is 3. The van der Waals surface area contributed by atoms with Gasteiger partial charge in [0, 0.05) is 0 Å². The highest BCUT2D eigenvalue weighted by molar-refractivity contribution is 5.69.